The van der Waals surface area contributed by atoms with Crippen molar-refractivity contribution in [1.29, 1.82) is 0 Å². The Hall–Kier alpha value is -2.59. The van der Waals surface area contributed by atoms with Gasteiger partial charge in [0, 0.05) is 24.0 Å². The van der Waals surface area contributed by atoms with Crippen LogP contribution in [0.1, 0.15) is 25.0 Å². The highest BCUT2D eigenvalue weighted by atomic mass is 79.9. The lowest BCUT2D eigenvalue weighted by Gasteiger charge is -2.33. The summed E-state index contributed by atoms with van der Waals surface area (Å²) in [4.78, 5) is 29.1. The minimum atomic E-state index is -3.85. The number of hydrogen-bond donors (Lipinski definition) is 1. The maximum atomic E-state index is 14.1. The first kappa shape index (κ1) is 31.9. The average Bonchev–Trinajstić information content (AvgIpc) is 2.89. The SMILES string of the molecule is CC(C)CNC(=O)[C@H](Cc1ccccc1)N(Cc1ccc(Cl)c(Cl)c1)C(=O)CN(c1cccc(Br)c1)S(C)(=O)=O. The summed E-state index contributed by atoms with van der Waals surface area (Å²) in [6.45, 7) is 3.89. The Bertz CT molecular complexity index is 1440. The van der Waals surface area contributed by atoms with Crippen molar-refractivity contribution in [2.45, 2.75) is 32.9 Å². The van der Waals surface area contributed by atoms with Crippen LogP contribution in [0.15, 0.2) is 77.3 Å². The predicted octanol–water partition coefficient (Wildman–Crippen LogP) is 5.93. The van der Waals surface area contributed by atoms with Gasteiger partial charge in [0.2, 0.25) is 21.8 Å². The highest BCUT2D eigenvalue weighted by molar-refractivity contribution is 9.10. The molecule has 214 valence electrons. The van der Waals surface area contributed by atoms with Crippen molar-refractivity contribution >= 4 is 66.7 Å². The number of benzene rings is 3. The smallest absolute Gasteiger partial charge is 0.244 e. The second-order valence-electron chi connectivity index (χ2n) is 9.86. The van der Waals surface area contributed by atoms with Crippen LogP contribution < -0.4 is 9.62 Å². The molecule has 0 bridgehead atoms. The maximum Gasteiger partial charge on any atom is 0.244 e. The molecule has 0 unspecified atom stereocenters. The summed E-state index contributed by atoms with van der Waals surface area (Å²) in [6, 6.07) is 20.1. The van der Waals surface area contributed by atoms with Gasteiger partial charge < -0.3 is 10.2 Å². The number of halogens is 3. The summed E-state index contributed by atoms with van der Waals surface area (Å²) in [5, 5.41) is 3.61. The molecule has 1 atom stereocenters. The van der Waals surface area contributed by atoms with Crippen molar-refractivity contribution in [3.05, 3.63) is 98.4 Å². The molecule has 0 aliphatic heterocycles. The van der Waals surface area contributed by atoms with E-state index in [9.17, 15) is 18.0 Å². The fraction of sp³-hybridized carbons (Fsp3) is 0.310. The van der Waals surface area contributed by atoms with E-state index in [0.717, 1.165) is 16.1 Å². The summed E-state index contributed by atoms with van der Waals surface area (Å²) >= 11 is 15.7. The molecule has 3 aromatic carbocycles. The van der Waals surface area contributed by atoms with Gasteiger partial charge in [0.1, 0.15) is 12.6 Å². The highest BCUT2D eigenvalue weighted by Crippen LogP contribution is 2.26. The van der Waals surface area contributed by atoms with Crippen LogP contribution in [-0.4, -0.2) is 50.5 Å². The Labute approximate surface area is 254 Å². The first-order valence-corrected chi connectivity index (χ1v) is 16.0. The van der Waals surface area contributed by atoms with Crippen LogP contribution in [0.2, 0.25) is 10.0 Å². The summed E-state index contributed by atoms with van der Waals surface area (Å²) in [5.74, 6) is -0.686. The zero-order chi connectivity index (χ0) is 29.4. The lowest BCUT2D eigenvalue weighted by molar-refractivity contribution is -0.140. The van der Waals surface area contributed by atoms with Crippen molar-refractivity contribution in [3.63, 3.8) is 0 Å². The van der Waals surface area contributed by atoms with Crippen LogP contribution in [0.5, 0.6) is 0 Å². The van der Waals surface area contributed by atoms with E-state index < -0.39 is 28.5 Å². The van der Waals surface area contributed by atoms with Gasteiger partial charge in [-0.15, -0.1) is 0 Å². The van der Waals surface area contributed by atoms with Gasteiger partial charge in [-0.3, -0.25) is 13.9 Å². The summed E-state index contributed by atoms with van der Waals surface area (Å²) in [5.41, 5.74) is 1.82. The van der Waals surface area contributed by atoms with Crippen molar-refractivity contribution in [2.75, 3.05) is 23.7 Å². The molecule has 0 saturated carbocycles. The van der Waals surface area contributed by atoms with E-state index in [4.69, 9.17) is 23.2 Å². The lowest BCUT2D eigenvalue weighted by atomic mass is 10.0. The maximum absolute atomic E-state index is 14.1. The second-order valence-corrected chi connectivity index (χ2v) is 13.5. The quantitative estimate of drug-likeness (QED) is 0.259. The zero-order valence-electron chi connectivity index (χ0n) is 22.5. The van der Waals surface area contributed by atoms with Crippen LogP contribution in [0.3, 0.4) is 0 Å². The molecule has 2 amide bonds. The standard InChI is InChI=1S/C29H32BrCl2N3O4S/c1-20(2)17-33-29(37)27(15-21-8-5-4-6-9-21)34(18-22-12-13-25(31)26(32)14-22)28(36)19-35(40(3,38)39)24-11-7-10-23(30)16-24/h4-14,16,20,27H,15,17-19H2,1-3H3,(H,33,37)/t27-/m0/s1. The fourth-order valence-corrected chi connectivity index (χ4v) is 5.61. The van der Waals surface area contributed by atoms with Gasteiger partial charge in [-0.1, -0.05) is 95.4 Å². The van der Waals surface area contributed by atoms with Crippen LogP contribution >= 0.6 is 39.1 Å². The van der Waals surface area contributed by atoms with Gasteiger partial charge in [0.15, 0.2) is 0 Å². The molecule has 0 saturated heterocycles. The number of hydrogen-bond acceptors (Lipinski definition) is 4. The largest absolute Gasteiger partial charge is 0.354 e. The van der Waals surface area contributed by atoms with E-state index in [1.165, 1.54) is 4.90 Å². The van der Waals surface area contributed by atoms with E-state index in [1.807, 2.05) is 44.2 Å². The molecule has 0 heterocycles. The molecule has 0 aliphatic carbocycles. The molecule has 0 spiro atoms. The normalized spacial score (nSPS) is 12.2. The Morgan fingerprint density at radius 3 is 2.23 bits per heavy atom. The van der Waals surface area contributed by atoms with E-state index in [1.54, 1.807) is 42.5 Å². The number of sulfonamides is 1. The Kier molecular flexibility index (Phi) is 11.5. The van der Waals surface area contributed by atoms with Crippen molar-refractivity contribution < 1.29 is 18.0 Å². The third kappa shape index (κ3) is 9.23. The third-order valence-corrected chi connectivity index (χ3v) is 8.44. The summed E-state index contributed by atoms with van der Waals surface area (Å²) < 4.78 is 27.4. The number of rotatable bonds is 12. The number of carbonyl (C=O) groups is 2. The first-order valence-electron chi connectivity index (χ1n) is 12.6. The lowest BCUT2D eigenvalue weighted by Crippen LogP contribution is -2.53. The summed E-state index contributed by atoms with van der Waals surface area (Å²) in [7, 11) is -3.85. The van der Waals surface area contributed by atoms with Crippen LogP contribution in [-0.2, 0) is 32.6 Å². The van der Waals surface area contributed by atoms with Gasteiger partial charge in [0.25, 0.3) is 0 Å². The molecular weight excluding hydrogens is 637 g/mol. The van der Waals surface area contributed by atoms with Crippen LogP contribution in [0, 0.1) is 5.92 Å². The molecule has 11 heteroatoms. The fourth-order valence-electron chi connectivity index (χ4n) is 4.06. The molecule has 40 heavy (non-hydrogen) atoms. The molecule has 0 fully saturated rings. The molecular formula is C29H32BrCl2N3O4S. The Morgan fingerprint density at radius 2 is 1.62 bits per heavy atom. The Morgan fingerprint density at radius 1 is 0.925 bits per heavy atom. The van der Waals surface area contributed by atoms with Crippen molar-refractivity contribution in [2.24, 2.45) is 5.92 Å². The summed E-state index contributed by atoms with van der Waals surface area (Å²) in [6.07, 6.45) is 1.27. The first-order chi connectivity index (χ1) is 18.8. The van der Waals surface area contributed by atoms with Gasteiger partial charge in [-0.05, 0) is 47.4 Å². The van der Waals surface area contributed by atoms with Gasteiger partial charge >= 0.3 is 0 Å². The molecule has 7 nitrogen and oxygen atoms in total. The van der Waals surface area contributed by atoms with Gasteiger partial charge in [0.05, 0.1) is 22.0 Å². The van der Waals surface area contributed by atoms with Crippen LogP contribution in [0.4, 0.5) is 5.69 Å². The molecule has 1 N–H and O–H groups in total. The molecule has 0 radical (unpaired) electrons. The minimum absolute atomic E-state index is 0.0123. The number of nitrogens with zero attached hydrogens (tertiary/aromatic N) is 2. The number of anilines is 1. The Balaban J connectivity index is 2.06. The topological polar surface area (TPSA) is 86.8 Å². The monoisotopic (exact) mass is 667 g/mol. The number of carbonyl (C=O) groups excluding carboxylic acids is 2. The van der Waals surface area contributed by atoms with Crippen molar-refractivity contribution in [1.82, 2.24) is 10.2 Å². The van der Waals surface area contributed by atoms with Gasteiger partial charge in [-0.2, -0.15) is 0 Å². The van der Waals surface area contributed by atoms with E-state index in [2.05, 4.69) is 21.2 Å². The molecule has 0 aromatic heterocycles. The van der Waals surface area contributed by atoms with E-state index in [0.29, 0.717) is 32.3 Å². The highest BCUT2D eigenvalue weighted by Gasteiger charge is 2.33. The van der Waals surface area contributed by atoms with Crippen molar-refractivity contribution in [3.8, 4) is 0 Å². The molecule has 0 aliphatic rings. The molecule has 3 aromatic rings. The third-order valence-electron chi connectivity index (χ3n) is 6.07. The zero-order valence-corrected chi connectivity index (χ0v) is 26.4. The number of amides is 2. The van der Waals surface area contributed by atoms with E-state index >= 15 is 0 Å². The van der Waals surface area contributed by atoms with Gasteiger partial charge in [-0.25, -0.2) is 8.42 Å². The molecule has 3 rings (SSSR count). The minimum Gasteiger partial charge on any atom is -0.354 e. The van der Waals surface area contributed by atoms with E-state index in [-0.39, 0.29) is 24.8 Å². The number of nitrogens with one attached hydrogen (secondary N) is 1. The second kappa shape index (κ2) is 14.3. The average molecular weight is 669 g/mol. The predicted molar refractivity (Wildman–Crippen MR) is 165 cm³/mol. The van der Waals surface area contributed by atoms with Crippen LogP contribution in [0.25, 0.3) is 0 Å².